The van der Waals surface area contributed by atoms with Gasteiger partial charge in [-0.3, -0.25) is 9.59 Å². The fourth-order valence-corrected chi connectivity index (χ4v) is 7.29. The molecule has 0 radical (unpaired) electrons. The van der Waals surface area contributed by atoms with Gasteiger partial charge in [0.1, 0.15) is 16.2 Å². The third-order valence-corrected chi connectivity index (χ3v) is 11.0. The Hall–Kier alpha value is -0.990. The average molecular weight is 575 g/mol. The van der Waals surface area contributed by atoms with Crippen molar-refractivity contribution in [3.8, 4) is 0 Å². The standard InChI is InChI=1S/C28H41Cl2NO5S/c1-15-9-8-10-27(7)21(28(27,29)30)12-20(16(2)11-19-14-37-18(4)31-19)36-23(33)13-22(32)26(5,6)25(35)17(3)24(15)34/h11,14-15,17,20-22,24,32,34H,8-10,12-13H2,1-7H3/b16-11+. The molecule has 1 saturated heterocycles. The van der Waals surface area contributed by atoms with Crippen molar-refractivity contribution < 1.29 is 24.5 Å². The molecule has 6 nitrogen and oxygen atoms in total. The van der Waals surface area contributed by atoms with Gasteiger partial charge in [0, 0.05) is 22.6 Å². The van der Waals surface area contributed by atoms with Gasteiger partial charge < -0.3 is 14.9 Å². The number of aliphatic hydroxyl groups is 2. The van der Waals surface area contributed by atoms with E-state index in [9.17, 15) is 19.8 Å². The van der Waals surface area contributed by atoms with Crippen LogP contribution in [-0.2, 0) is 14.3 Å². The number of ketones is 1. The van der Waals surface area contributed by atoms with Crippen molar-refractivity contribution in [3.63, 3.8) is 0 Å². The van der Waals surface area contributed by atoms with E-state index in [1.165, 1.54) is 0 Å². The number of aliphatic hydroxyl groups excluding tert-OH is 2. The van der Waals surface area contributed by atoms with Crippen LogP contribution in [0.25, 0.3) is 6.08 Å². The monoisotopic (exact) mass is 573 g/mol. The smallest absolute Gasteiger partial charge is 0.309 e. The van der Waals surface area contributed by atoms with E-state index in [-0.39, 0.29) is 29.5 Å². The van der Waals surface area contributed by atoms with E-state index in [4.69, 9.17) is 27.9 Å². The summed E-state index contributed by atoms with van der Waals surface area (Å²) >= 11 is 15.1. The highest BCUT2D eigenvalue weighted by atomic mass is 35.5. The van der Waals surface area contributed by atoms with Crippen molar-refractivity contribution in [2.45, 2.75) is 103 Å². The SMILES string of the molecule is C/C(=C\c1csc(C)n1)C1CC2C(Cl)(Cl)C2(C)CCCC(C)C(O)C(C)C(=O)C(C)(C)C(O)CC(=O)O1. The molecule has 1 aliphatic carbocycles. The van der Waals surface area contributed by atoms with Gasteiger partial charge in [0.2, 0.25) is 0 Å². The van der Waals surface area contributed by atoms with E-state index in [1.54, 1.807) is 32.1 Å². The quantitative estimate of drug-likeness (QED) is 0.326. The van der Waals surface area contributed by atoms with E-state index in [2.05, 4.69) is 11.9 Å². The summed E-state index contributed by atoms with van der Waals surface area (Å²) < 4.78 is 4.96. The summed E-state index contributed by atoms with van der Waals surface area (Å²) in [4.78, 5) is 30.8. The van der Waals surface area contributed by atoms with Crippen molar-refractivity contribution in [2.75, 3.05) is 0 Å². The van der Waals surface area contributed by atoms with Crippen molar-refractivity contribution in [3.05, 3.63) is 21.7 Å². The maximum absolute atomic E-state index is 13.3. The number of cyclic esters (lactones) is 1. The van der Waals surface area contributed by atoms with Crippen LogP contribution in [0.2, 0.25) is 0 Å². The lowest BCUT2D eigenvalue weighted by Crippen LogP contribution is -2.45. The van der Waals surface area contributed by atoms with E-state index in [0.717, 1.165) is 29.1 Å². The molecule has 208 valence electrons. The second-order valence-corrected chi connectivity index (χ2v) is 14.4. The zero-order chi connectivity index (χ0) is 27.9. The number of thiazole rings is 1. The van der Waals surface area contributed by atoms with Gasteiger partial charge in [-0.25, -0.2) is 4.98 Å². The van der Waals surface area contributed by atoms with Crippen molar-refractivity contribution in [1.82, 2.24) is 4.98 Å². The average Bonchev–Trinajstić information content (AvgIpc) is 3.06. The summed E-state index contributed by atoms with van der Waals surface area (Å²) in [6.07, 6.45) is 1.54. The Kier molecular flexibility index (Phi) is 9.28. The van der Waals surface area contributed by atoms with Gasteiger partial charge >= 0.3 is 5.97 Å². The molecule has 7 unspecified atom stereocenters. The molecule has 1 aromatic heterocycles. The van der Waals surface area contributed by atoms with E-state index < -0.39 is 39.9 Å². The number of halogens is 2. The first-order valence-corrected chi connectivity index (χ1v) is 14.7. The number of fused-ring (bicyclic) bond motifs is 1. The lowest BCUT2D eigenvalue weighted by Gasteiger charge is -2.34. The second-order valence-electron chi connectivity index (χ2n) is 11.9. The van der Waals surface area contributed by atoms with Crippen LogP contribution in [0.1, 0.15) is 84.3 Å². The number of carbonyl (C=O) groups is 2. The molecule has 0 bridgehead atoms. The van der Waals surface area contributed by atoms with Crippen LogP contribution in [0.15, 0.2) is 11.0 Å². The van der Waals surface area contributed by atoms with Crippen LogP contribution in [0.3, 0.4) is 0 Å². The molecule has 0 spiro atoms. The third-order valence-electron chi connectivity index (χ3n) is 8.82. The molecule has 2 heterocycles. The summed E-state index contributed by atoms with van der Waals surface area (Å²) in [5.74, 6) is -1.79. The Labute approximate surface area is 234 Å². The Bertz CT molecular complexity index is 1040. The van der Waals surface area contributed by atoms with Crippen molar-refractivity contribution in [1.29, 1.82) is 0 Å². The number of alkyl halides is 2. The van der Waals surface area contributed by atoms with Gasteiger partial charge in [0.05, 0.1) is 34.7 Å². The summed E-state index contributed by atoms with van der Waals surface area (Å²) in [5.41, 5.74) is 0.000127. The van der Waals surface area contributed by atoms with Crippen molar-refractivity contribution in [2.24, 2.45) is 28.6 Å². The minimum Gasteiger partial charge on any atom is -0.458 e. The molecule has 0 amide bonds. The molecule has 0 aromatic carbocycles. The highest BCUT2D eigenvalue weighted by Crippen LogP contribution is 2.73. The molecular formula is C28H41Cl2NO5S. The molecular weight excluding hydrogens is 533 g/mol. The minimum atomic E-state index is -1.26. The largest absolute Gasteiger partial charge is 0.458 e. The van der Waals surface area contributed by atoms with Crippen LogP contribution < -0.4 is 0 Å². The normalized spacial score (nSPS) is 37.5. The van der Waals surface area contributed by atoms with Gasteiger partial charge in [-0.05, 0) is 50.7 Å². The molecule has 7 atom stereocenters. The predicted octanol–water partition coefficient (Wildman–Crippen LogP) is 6.13. The second kappa shape index (κ2) is 11.2. The first-order valence-electron chi connectivity index (χ1n) is 13.1. The number of Topliss-reactive ketones (excluding diaryl/α,β-unsaturated/α-hetero) is 1. The predicted molar refractivity (Wildman–Crippen MR) is 149 cm³/mol. The maximum atomic E-state index is 13.3. The molecule has 1 aromatic rings. The van der Waals surface area contributed by atoms with Gasteiger partial charge in [-0.1, -0.05) is 41.0 Å². The van der Waals surface area contributed by atoms with E-state index in [0.29, 0.717) is 12.8 Å². The summed E-state index contributed by atoms with van der Waals surface area (Å²) in [5, 5.41) is 24.7. The van der Waals surface area contributed by atoms with Crippen LogP contribution in [-0.4, -0.2) is 49.6 Å². The fraction of sp³-hybridized carbons (Fsp3) is 0.750. The Morgan fingerprint density at radius 2 is 1.86 bits per heavy atom. The van der Waals surface area contributed by atoms with Gasteiger partial charge in [-0.2, -0.15) is 0 Å². The molecule has 1 aliphatic heterocycles. The number of rotatable bonds is 2. The molecule has 3 rings (SSSR count). The highest BCUT2D eigenvalue weighted by Gasteiger charge is 2.72. The minimum absolute atomic E-state index is 0.100. The number of nitrogens with zero attached hydrogens (tertiary/aromatic N) is 1. The van der Waals surface area contributed by atoms with Gasteiger partial charge in [-0.15, -0.1) is 34.5 Å². The fourth-order valence-electron chi connectivity index (χ4n) is 5.72. The number of aromatic nitrogens is 1. The lowest BCUT2D eigenvalue weighted by atomic mass is 9.73. The Morgan fingerprint density at radius 1 is 1.22 bits per heavy atom. The number of aryl methyl sites for hydroxylation is 1. The zero-order valence-electron chi connectivity index (χ0n) is 22.9. The van der Waals surface area contributed by atoms with Crippen LogP contribution in [0.4, 0.5) is 0 Å². The zero-order valence-corrected chi connectivity index (χ0v) is 25.2. The Morgan fingerprint density at radius 3 is 2.46 bits per heavy atom. The maximum Gasteiger partial charge on any atom is 0.309 e. The van der Waals surface area contributed by atoms with Crippen LogP contribution >= 0.6 is 34.5 Å². The number of carbonyl (C=O) groups excluding carboxylic acids is 2. The summed E-state index contributed by atoms with van der Waals surface area (Å²) in [6, 6.07) is 0. The molecule has 1 saturated carbocycles. The van der Waals surface area contributed by atoms with Gasteiger partial charge in [0.25, 0.3) is 0 Å². The van der Waals surface area contributed by atoms with E-state index >= 15 is 0 Å². The summed E-state index contributed by atoms with van der Waals surface area (Å²) in [6.45, 7) is 12.7. The number of hydrogen-bond acceptors (Lipinski definition) is 7. The van der Waals surface area contributed by atoms with Crippen LogP contribution in [0.5, 0.6) is 0 Å². The molecule has 2 N–H and O–H groups in total. The topological polar surface area (TPSA) is 96.7 Å². The highest BCUT2D eigenvalue weighted by molar-refractivity contribution is 7.09. The van der Waals surface area contributed by atoms with Gasteiger partial charge in [0.15, 0.2) is 0 Å². The lowest BCUT2D eigenvalue weighted by molar-refractivity contribution is -0.154. The van der Waals surface area contributed by atoms with Crippen molar-refractivity contribution >= 4 is 52.4 Å². The Balaban J connectivity index is 1.93. The number of esters is 1. The molecule has 37 heavy (non-hydrogen) atoms. The molecule has 9 heteroatoms. The van der Waals surface area contributed by atoms with Crippen LogP contribution in [0, 0.1) is 35.5 Å². The first-order chi connectivity index (χ1) is 17.0. The number of ether oxygens (including phenoxy) is 1. The molecule has 2 fully saturated rings. The third kappa shape index (κ3) is 6.27. The summed E-state index contributed by atoms with van der Waals surface area (Å²) in [7, 11) is 0. The first kappa shape index (κ1) is 30.6. The van der Waals surface area contributed by atoms with E-state index in [1.807, 2.05) is 32.2 Å². The number of hydrogen-bond donors (Lipinski definition) is 2. The molecule has 2 aliphatic rings.